The van der Waals surface area contributed by atoms with Gasteiger partial charge in [0.25, 0.3) is 0 Å². The molecule has 1 fully saturated rings. The molecule has 0 amide bonds. The zero-order valence-corrected chi connectivity index (χ0v) is 12.9. The number of hydrogen-bond acceptors (Lipinski definition) is 2. The van der Waals surface area contributed by atoms with Gasteiger partial charge in [-0.3, -0.25) is 0 Å². The van der Waals surface area contributed by atoms with Gasteiger partial charge in [0.1, 0.15) is 0 Å². The second kappa shape index (κ2) is 6.53. The van der Waals surface area contributed by atoms with Gasteiger partial charge in [-0.1, -0.05) is 24.6 Å². The number of benzene rings is 1. The Morgan fingerprint density at radius 3 is 2.53 bits per heavy atom. The van der Waals surface area contributed by atoms with Crippen LogP contribution in [0.1, 0.15) is 42.0 Å². The van der Waals surface area contributed by atoms with Crippen molar-refractivity contribution < 1.29 is 0 Å². The predicted octanol–water partition coefficient (Wildman–Crippen LogP) is 3.30. The lowest BCUT2D eigenvalue weighted by Gasteiger charge is -2.32. The van der Waals surface area contributed by atoms with Crippen molar-refractivity contribution >= 4 is 0 Å². The molecule has 1 N–H and O–H groups in total. The smallest absolute Gasteiger partial charge is 0.0446 e. The average molecular weight is 260 g/mol. The summed E-state index contributed by atoms with van der Waals surface area (Å²) in [7, 11) is 4.32. The van der Waals surface area contributed by atoms with Crippen LogP contribution >= 0.6 is 0 Å². The van der Waals surface area contributed by atoms with Crippen molar-refractivity contribution in [3.63, 3.8) is 0 Å². The first-order chi connectivity index (χ1) is 9.10. The zero-order chi connectivity index (χ0) is 13.8. The predicted molar refractivity (Wildman–Crippen MR) is 82.6 cm³/mol. The molecule has 2 nitrogen and oxygen atoms in total. The number of rotatable bonds is 6. The minimum atomic E-state index is 0.435. The highest BCUT2D eigenvalue weighted by Gasteiger charge is 2.20. The summed E-state index contributed by atoms with van der Waals surface area (Å²) in [4.78, 5) is 2.49. The van der Waals surface area contributed by atoms with Gasteiger partial charge in [0.2, 0.25) is 0 Å². The lowest BCUT2D eigenvalue weighted by molar-refractivity contribution is 0.193. The summed E-state index contributed by atoms with van der Waals surface area (Å²) in [6.45, 7) is 6.72. The molecule has 1 atom stereocenters. The van der Waals surface area contributed by atoms with Crippen LogP contribution in [0, 0.1) is 19.8 Å². The third-order valence-corrected chi connectivity index (χ3v) is 4.57. The topological polar surface area (TPSA) is 15.3 Å². The number of likely N-dealkylation sites (N-methyl/N-ethyl adjacent to an activating group) is 2. The van der Waals surface area contributed by atoms with E-state index in [-0.39, 0.29) is 0 Å². The fourth-order valence-corrected chi connectivity index (χ4v) is 2.85. The molecule has 0 aliphatic heterocycles. The van der Waals surface area contributed by atoms with Crippen molar-refractivity contribution in [2.24, 2.45) is 5.92 Å². The van der Waals surface area contributed by atoms with Crippen LogP contribution in [0.3, 0.4) is 0 Å². The zero-order valence-electron chi connectivity index (χ0n) is 12.9. The standard InChI is InChI=1S/C17H28N2/c1-13-8-9-16(10-14(13)2)17(18-3)12-19(4)11-15-6-5-7-15/h8-10,15,17-18H,5-7,11-12H2,1-4H3. The maximum atomic E-state index is 3.46. The molecule has 0 radical (unpaired) electrons. The fraction of sp³-hybridized carbons (Fsp3) is 0.647. The highest BCUT2D eigenvalue weighted by Crippen LogP contribution is 2.27. The Hall–Kier alpha value is -0.860. The minimum Gasteiger partial charge on any atom is -0.312 e. The first kappa shape index (κ1) is 14.5. The van der Waals surface area contributed by atoms with Crippen LogP contribution in [0.4, 0.5) is 0 Å². The number of hydrogen-bond donors (Lipinski definition) is 1. The van der Waals surface area contributed by atoms with Crippen molar-refractivity contribution in [3.05, 3.63) is 34.9 Å². The summed E-state index contributed by atoms with van der Waals surface area (Å²) in [5.74, 6) is 0.947. The SMILES string of the molecule is CNC(CN(C)CC1CCC1)c1ccc(C)c(C)c1. The average Bonchev–Trinajstić information content (AvgIpc) is 2.34. The van der Waals surface area contributed by atoms with E-state index in [1.165, 1.54) is 42.5 Å². The molecule has 1 aliphatic carbocycles. The van der Waals surface area contributed by atoms with Crippen LogP contribution in [-0.4, -0.2) is 32.1 Å². The first-order valence-corrected chi connectivity index (χ1v) is 7.53. The van der Waals surface area contributed by atoms with E-state index in [1.54, 1.807) is 0 Å². The second-order valence-electron chi connectivity index (χ2n) is 6.20. The monoisotopic (exact) mass is 260 g/mol. The van der Waals surface area contributed by atoms with E-state index >= 15 is 0 Å². The summed E-state index contributed by atoms with van der Waals surface area (Å²) in [6.07, 6.45) is 4.29. The Balaban J connectivity index is 1.95. The summed E-state index contributed by atoms with van der Waals surface area (Å²) >= 11 is 0. The van der Waals surface area contributed by atoms with Crippen LogP contribution in [0.5, 0.6) is 0 Å². The Bertz CT molecular complexity index is 410. The maximum absolute atomic E-state index is 3.46. The van der Waals surface area contributed by atoms with E-state index in [0.717, 1.165) is 12.5 Å². The molecule has 1 aromatic rings. The van der Waals surface area contributed by atoms with E-state index in [4.69, 9.17) is 0 Å². The summed E-state index contributed by atoms with van der Waals surface area (Å²) in [5, 5.41) is 3.46. The Morgan fingerprint density at radius 1 is 1.26 bits per heavy atom. The minimum absolute atomic E-state index is 0.435. The van der Waals surface area contributed by atoms with E-state index in [9.17, 15) is 0 Å². The molecular formula is C17H28N2. The van der Waals surface area contributed by atoms with E-state index in [1.807, 2.05) is 0 Å². The van der Waals surface area contributed by atoms with Gasteiger partial charge in [-0.25, -0.2) is 0 Å². The third-order valence-electron chi connectivity index (χ3n) is 4.57. The Labute approximate surface area is 118 Å². The van der Waals surface area contributed by atoms with Gasteiger partial charge in [-0.2, -0.15) is 0 Å². The van der Waals surface area contributed by atoms with Crippen molar-refractivity contribution in [1.82, 2.24) is 10.2 Å². The van der Waals surface area contributed by atoms with Gasteiger partial charge in [-0.05, 0) is 63.4 Å². The first-order valence-electron chi connectivity index (χ1n) is 7.53. The van der Waals surface area contributed by atoms with Gasteiger partial charge in [0.05, 0.1) is 0 Å². The lowest BCUT2D eigenvalue weighted by Crippen LogP contribution is -2.36. The Morgan fingerprint density at radius 2 is 2.00 bits per heavy atom. The molecule has 0 spiro atoms. The van der Waals surface area contributed by atoms with Crippen LogP contribution in [0.15, 0.2) is 18.2 Å². The van der Waals surface area contributed by atoms with Gasteiger partial charge in [-0.15, -0.1) is 0 Å². The van der Waals surface area contributed by atoms with E-state index in [2.05, 4.69) is 56.4 Å². The molecule has 1 unspecified atom stereocenters. The quantitative estimate of drug-likeness (QED) is 0.844. The van der Waals surface area contributed by atoms with Crippen LogP contribution in [0.2, 0.25) is 0 Å². The van der Waals surface area contributed by atoms with Gasteiger partial charge < -0.3 is 10.2 Å². The van der Waals surface area contributed by atoms with Crippen LogP contribution < -0.4 is 5.32 Å². The summed E-state index contributed by atoms with van der Waals surface area (Å²) < 4.78 is 0. The molecule has 0 aromatic heterocycles. The molecule has 19 heavy (non-hydrogen) atoms. The second-order valence-corrected chi connectivity index (χ2v) is 6.20. The van der Waals surface area contributed by atoms with E-state index < -0.39 is 0 Å². The molecule has 106 valence electrons. The number of nitrogens with zero attached hydrogens (tertiary/aromatic N) is 1. The highest BCUT2D eigenvalue weighted by atomic mass is 15.1. The van der Waals surface area contributed by atoms with Crippen molar-refractivity contribution in [2.45, 2.75) is 39.2 Å². The molecule has 2 rings (SSSR count). The molecule has 0 heterocycles. The van der Waals surface area contributed by atoms with Crippen molar-refractivity contribution in [1.29, 1.82) is 0 Å². The van der Waals surface area contributed by atoms with E-state index in [0.29, 0.717) is 6.04 Å². The fourth-order valence-electron chi connectivity index (χ4n) is 2.85. The van der Waals surface area contributed by atoms with Gasteiger partial charge in [0.15, 0.2) is 0 Å². The molecule has 1 aliphatic rings. The van der Waals surface area contributed by atoms with Crippen LogP contribution in [-0.2, 0) is 0 Å². The normalized spacial score (nSPS) is 17.5. The lowest BCUT2D eigenvalue weighted by atomic mass is 9.85. The van der Waals surface area contributed by atoms with Crippen LogP contribution in [0.25, 0.3) is 0 Å². The van der Waals surface area contributed by atoms with Crippen molar-refractivity contribution in [2.75, 3.05) is 27.2 Å². The van der Waals surface area contributed by atoms with Gasteiger partial charge >= 0.3 is 0 Å². The molecular weight excluding hydrogens is 232 g/mol. The molecule has 0 saturated heterocycles. The molecule has 0 bridgehead atoms. The maximum Gasteiger partial charge on any atom is 0.0446 e. The Kier molecular flexibility index (Phi) is 5.00. The molecule has 1 saturated carbocycles. The molecule has 1 aromatic carbocycles. The summed E-state index contributed by atoms with van der Waals surface area (Å²) in [5.41, 5.74) is 4.17. The number of aryl methyl sites for hydroxylation is 2. The van der Waals surface area contributed by atoms with Gasteiger partial charge in [0, 0.05) is 19.1 Å². The van der Waals surface area contributed by atoms with Crippen molar-refractivity contribution in [3.8, 4) is 0 Å². The highest BCUT2D eigenvalue weighted by molar-refractivity contribution is 5.31. The summed E-state index contributed by atoms with van der Waals surface area (Å²) in [6, 6.07) is 7.26. The third kappa shape index (κ3) is 3.80. The molecule has 2 heteroatoms. The number of nitrogens with one attached hydrogen (secondary N) is 1. The largest absolute Gasteiger partial charge is 0.312 e.